The molecule has 0 saturated heterocycles. The van der Waals surface area contributed by atoms with Crippen molar-refractivity contribution in [3.8, 4) is 0 Å². The third kappa shape index (κ3) is 6.71. The maximum absolute atomic E-state index is 11.4. The van der Waals surface area contributed by atoms with Crippen LogP contribution in [0.25, 0.3) is 0 Å². The van der Waals surface area contributed by atoms with Crippen molar-refractivity contribution in [2.75, 3.05) is 6.61 Å². The van der Waals surface area contributed by atoms with Gasteiger partial charge < -0.3 is 16.2 Å². The Morgan fingerprint density at radius 2 is 2.00 bits per heavy atom. The highest BCUT2D eigenvalue weighted by atomic mass is 35.5. The number of halogens is 1. The van der Waals surface area contributed by atoms with E-state index in [9.17, 15) is 4.79 Å². The van der Waals surface area contributed by atoms with Crippen molar-refractivity contribution in [3.63, 3.8) is 0 Å². The summed E-state index contributed by atoms with van der Waals surface area (Å²) >= 11 is 0. The van der Waals surface area contributed by atoms with Crippen LogP contribution in [-0.2, 0) is 4.79 Å². The topological polar surface area (TPSA) is 75.4 Å². The highest BCUT2D eigenvalue weighted by molar-refractivity contribution is 5.85. The third-order valence-electron chi connectivity index (χ3n) is 2.45. The molecule has 92 valence electrons. The molecule has 0 saturated carbocycles. The normalized spacial score (nSPS) is 16.1. The van der Waals surface area contributed by atoms with Crippen molar-refractivity contribution in [3.05, 3.63) is 0 Å². The summed E-state index contributed by atoms with van der Waals surface area (Å²) in [5, 5.41) is 11.7. The van der Waals surface area contributed by atoms with Crippen molar-refractivity contribution < 1.29 is 9.90 Å². The Labute approximate surface area is 98.0 Å². The number of hydrogen-bond acceptors (Lipinski definition) is 3. The number of carbonyl (C=O) groups excluding carboxylic acids is 1. The molecule has 3 unspecified atom stereocenters. The highest BCUT2D eigenvalue weighted by Gasteiger charge is 2.17. The number of amides is 1. The Morgan fingerprint density at radius 1 is 1.47 bits per heavy atom. The number of nitrogens with one attached hydrogen (secondary N) is 1. The molecule has 4 N–H and O–H groups in total. The standard InChI is InChI=1S/C10H22N2O2.ClH/c1-4-5-9(11)10(14)12-8(3)7(2)6-13;/h7-9,13H,4-6,11H2,1-3H3,(H,12,14);1H. The first-order valence-corrected chi connectivity index (χ1v) is 5.19. The van der Waals surface area contributed by atoms with E-state index in [1.165, 1.54) is 0 Å². The number of hydrogen-bond donors (Lipinski definition) is 3. The van der Waals surface area contributed by atoms with Crippen LogP contribution in [0.3, 0.4) is 0 Å². The molecular weight excluding hydrogens is 216 g/mol. The number of nitrogens with two attached hydrogens (primary N) is 1. The molecule has 0 aromatic rings. The zero-order valence-corrected chi connectivity index (χ0v) is 10.5. The molecule has 15 heavy (non-hydrogen) atoms. The number of carbonyl (C=O) groups is 1. The molecule has 0 radical (unpaired) electrons. The Hall–Kier alpha value is -0.320. The number of aliphatic hydroxyl groups excluding tert-OH is 1. The van der Waals surface area contributed by atoms with Crippen molar-refractivity contribution in [2.45, 2.75) is 45.7 Å². The van der Waals surface area contributed by atoms with E-state index >= 15 is 0 Å². The maximum Gasteiger partial charge on any atom is 0.237 e. The molecule has 0 heterocycles. The second-order valence-electron chi connectivity index (χ2n) is 3.85. The minimum absolute atomic E-state index is 0. The van der Waals surface area contributed by atoms with Crippen LogP contribution in [-0.4, -0.2) is 29.7 Å². The molecule has 4 nitrogen and oxygen atoms in total. The van der Waals surface area contributed by atoms with Gasteiger partial charge in [-0.3, -0.25) is 4.79 Å². The fourth-order valence-corrected chi connectivity index (χ4v) is 1.07. The summed E-state index contributed by atoms with van der Waals surface area (Å²) in [6, 6.07) is -0.455. The van der Waals surface area contributed by atoms with E-state index in [1.807, 2.05) is 20.8 Å². The highest BCUT2D eigenvalue weighted by Crippen LogP contribution is 2.01. The summed E-state index contributed by atoms with van der Waals surface area (Å²) in [6.45, 7) is 5.82. The molecule has 0 aromatic carbocycles. The van der Waals surface area contributed by atoms with E-state index in [2.05, 4.69) is 5.32 Å². The van der Waals surface area contributed by atoms with Gasteiger partial charge in [-0.15, -0.1) is 12.4 Å². The second kappa shape index (κ2) is 8.95. The van der Waals surface area contributed by atoms with Gasteiger partial charge in [0.2, 0.25) is 5.91 Å². The Morgan fingerprint density at radius 3 is 2.40 bits per heavy atom. The van der Waals surface area contributed by atoms with E-state index in [0.29, 0.717) is 6.42 Å². The zero-order chi connectivity index (χ0) is 11.1. The van der Waals surface area contributed by atoms with Crippen LogP contribution in [0, 0.1) is 5.92 Å². The van der Waals surface area contributed by atoms with E-state index in [-0.39, 0.29) is 36.9 Å². The lowest BCUT2D eigenvalue weighted by atomic mass is 10.0. The average molecular weight is 239 g/mol. The maximum atomic E-state index is 11.4. The molecular formula is C10H23ClN2O2. The molecule has 3 atom stereocenters. The summed E-state index contributed by atoms with van der Waals surface area (Å²) in [6.07, 6.45) is 1.60. The molecule has 0 bridgehead atoms. The van der Waals surface area contributed by atoms with Crippen molar-refractivity contribution >= 4 is 18.3 Å². The Balaban J connectivity index is 0. The lowest BCUT2D eigenvalue weighted by Gasteiger charge is -2.21. The molecule has 0 spiro atoms. The predicted octanol–water partition coefficient (Wildman–Crippen LogP) is 0.669. The molecule has 0 aliphatic carbocycles. The van der Waals surface area contributed by atoms with Gasteiger partial charge in [-0.25, -0.2) is 0 Å². The first kappa shape index (κ1) is 17.1. The minimum Gasteiger partial charge on any atom is -0.396 e. The van der Waals surface area contributed by atoms with Gasteiger partial charge in [0.15, 0.2) is 0 Å². The first-order chi connectivity index (χ1) is 6.52. The van der Waals surface area contributed by atoms with Gasteiger partial charge in [0.1, 0.15) is 0 Å². The zero-order valence-electron chi connectivity index (χ0n) is 9.69. The average Bonchev–Trinajstić information content (AvgIpc) is 2.16. The summed E-state index contributed by atoms with van der Waals surface area (Å²) in [4.78, 5) is 11.4. The summed E-state index contributed by atoms with van der Waals surface area (Å²) in [5.41, 5.74) is 5.64. The second-order valence-corrected chi connectivity index (χ2v) is 3.85. The molecule has 0 aliphatic rings. The Kier molecular flexibility index (Phi) is 10.2. The summed E-state index contributed by atoms with van der Waals surface area (Å²) in [5.74, 6) is -0.0626. The molecule has 0 aliphatic heterocycles. The van der Waals surface area contributed by atoms with Gasteiger partial charge >= 0.3 is 0 Å². The van der Waals surface area contributed by atoms with Crippen LogP contribution >= 0.6 is 12.4 Å². The predicted molar refractivity (Wildman–Crippen MR) is 64.0 cm³/mol. The fraction of sp³-hybridized carbons (Fsp3) is 0.900. The Bertz CT molecular complexity index is 179. The van der Waals surface area contributed by atoms with E-state index in [0.717, 1.165) is 6.42 Å². The van der Waals surface area contributed by atoms with Crippen LogP contribution in [0.2, 0.25) is 0 Å². The smallest absolute Gasteiger partial charge is 0.237 e. The van der Waals surface area contributed by atoms with Crippen LogP contribution in [0.5, 0.6) is 0 Å². The lowest BCUT2D eigenvalue weighted by Crippen LogP contribution is -2.46. The minimum atomic E-state index is -0.423. The molecule has 0 aromatic heterocycles. The SMILES string of the molecule is CCCC(N)C(=O)NC(C)C(C)CO.Cl. The fourth-order valence-electron chi connectivity index (χ4n) is 1.07. The van der Waals surface area contributed by atoms with Crippen molar-refractivity contribution in [1.29, 1.82) is 0 Å². The molecule has 0 rings (SSSR count). The van der Waals surface area contributed by atoms with Gasteiger partial charge in [-0.05, 0) is 19.3 Å². The van der Waals surface area contributed by atoms with Gasteiger partial charge in [-0.2, -0.15) is 0 Å². The quantitative estimate of drug-likeness (QED) is 0.637. The first-order valence-electron chi connectivity index (χ1n) is 5.19. The van der Waals surface area contributed by atoms with Gasteiger partial charge in [-0.1, -0.05) is 20.3 Å². The lowest BCUT2D eigenvalue weighted by molar-refractivity contribution is -0.123. The van der Waals surface area contributed by atoms with Gasteiger partial charge in [0, 0.05) is 12.6 Å². The molecule has 1 amide bonds. The monoisotopic (exact) mass is 238 g/mol. The largest absolute Gasteiger partial charge is 0.396 e. The third-order valence-corrected chi connectivity index (χ3v) is 2.45. The molecule has 5 heteroatoms. The van der Waals surface area contributed by atoms with Crippen LogP contribution in [0.1, 0.15) is 33.6 Å². The summed E-state index contributed by atoms with van der Waals surface area (Å²) < 4.78 is 0. The van der Waals surface area contributed by atoms with Crippen LogP contribution < -0.4 is 11.1 Å². The number of rotatable bonds is 6. The molecule has 0 fully saturated rings. The number of aliphatic hydroxyl groups is 1. The van der Waals surface area contributed by atoms with Crippen LogP contribution in [0.4, 0.5) is 0 Å². The van der Waals surface area contributed by atoms with E-state index < -0.39 is 6.04 Å². The van der Waals surface area contributed by atoms with E-state index in [4.69, 9.17) is 10.8 Å². The summed E-state index contributed by atoms with van der Waals surface area (Å²) in [7, 11) is 0. The van der Waals surface area contributed by atoms with Crippen molar-refractivity contribution in [1.82, 2.24) is 5.32 Å². The van der Waals surface area contributed by atoms with Crippen LogP contribution in [0.15, 0.2) is 0 Å². The van der Waals surface area contributed by atoms with Gasteiger partial charge in [0.25, 0.3) is 0 Å². The van der Waals surface area contributed by atoms with E-state index in [1.54, 1.807) is 0 Å². The van der Waals surface area contributed by atoms with Crippen molar-refractivity contribution in [2.24, 2.45) is 11.7 Å². The van der Waals surface area contributed by atoms with Gasteiger partial charge in [0.05, 0.1) is 6.04 Å².